The quantitative estimate of drug-likeness (QED) is 0.301. The lowest BCUT2D eigenvalue weighted by Crippen LogP contribution is -2.24. The Kier molecular flexibility index (Phi) is 5.93. The second-order valence-corrected chi connectivity index (χ2v) is 8.43. The second-order valence-electron chi connectivity index (χ2n) is 7.65. The first-order valence-electron chi connectivity index (χ1n) is 10.6. The molecule has 34 heavy (non-hydrogen) atoms. The highest BCUT2D eigenvalue weighted by Crippen LogP contribution is 2.34. The molecule has 1 aliphatic rings. The number of hydrogen-bond acceptors (Lipinski definition) is 6. The Morgan fingerprint density at radius 3 is 2.06 bits per heavy atom. The highest BCUT2D eigenvalue weighted by molar-refractivity contribution is 7.08. The zero-order chi connectivity index (χ0) is 23.5. The maximum absolute atomic E-state index is 13.5. The third-order valence-electron chi connectivity index (χ3n) is 5.47. The minimum absolute atomic E-state index is 0.114. The molecule has 0 aliphatic carbocycles. The van der Waals surface area contributed by atoms with Gasteiger partial charge in [-0.3, -0.25) is 14.9 Å². The van der Waals surface area contributed by atoms with Crippen LogP contribution >= 0.6 is 11.3 Å². The van der Waals surface area contributed by atoms with E-state index in [2.05, 4.69) is 5.32 Å². The number of carbonyl (C=O) groups is 3. The van der Waals surface area contributed by atoms with Gasteiger partial charge >= 0.3 is 5.97 Å². The van der Waals surface area contributed by atoms with Crippen molar-refractivity contribution >= 4 is 29.1 Å². The van der Waals surface area contributed by atoms with Gasteiger partial charge < -0.3 is 9.47 Å². The molecule has 5 rings (SSSR count). The van der Waals surface area contributed by atoms with Crippen molar-refractivity contribution in [2.45, 2.75) is 12.2 Å². The number of nitrogens with one attached hydrogen (secondary N) is 1. The number of thiophene rings is 1. The van der Waals surface area contributed by atoms with Crippen molar-refractivity contribution in [3.63, 3.8) is 0 Å². The Balaban J connectivity index is 1.49. The van der Waals surface area contributed by atoms with E-state index < -0.39 is 30.0 Å². The molecule has 3 aromatic carbocycles. The molecule has 0 spiro atoms. The normalized spacial score (nSPS) is 13.3. The summed E-state index contributed by atoms with van der Waals surface area (Å²) in [6, 6.07) is 25.4. The first-order valence-corrected chi connectivity index (χ1v) is 11.5. The molecule has 1 N–H and O–H groups in total. The summed E-state index contributed by atoms with van der Waals surface area (Å²) in [5.74, 6) is -1.52. The smallest absolute Gasteiger partial charge is 0.353 e. The van der Waals surface area contributed by atoms with Gasteiger partial charge in [-0.15, -0.1) is 0 Å². The lowest BCUT2D eigenvalue weighted by molar-refractivity contribution is -0.156. The van der Waals surface area contributed by atoms with Crippen LogP contribution in [0.3, 0.4) is 0 Å². The van der Waals surface area contributed by atoms with Gasteiger partial charge in [-0.1, -0.05) is 66.7 Å². The average molecular weight is 470 g/mol. The van der Waals surface area contributed by atoms with E-state index in [1.54, 1.807) is 29.6 Å². The monoisotopic (exact) mass is 469 g/mol. The van der Waals surface area contributed by atoms with Gasteiger partial charge in [0, 0.05) is 5.56 Å². The summed E-state index contributed by atoms with van der Waals surface area (Å²) in [7, 11) is 0. The summed E-state index contributed by atoms with van der Waals surface area (Å²) in [6.07, 6.45) is -1.78. The van der Waals surface area contributed by atoms with Gasteiger partial charge in [-0.25, -0.2) is 4.79 Å². The molecule has 168 valence electrons. The Morgan fingerprint density at radius 2 is 1.44 bits per heavy atom. The molecule has 2 amide bonds. The fraction of sp³-hybridized carbons (Fsp3) is 0.0741. The number of rotatable bonds is 7. The number of fused-ring (bicyclic) bond motifs is 1. The summed E-state index contributed by atoms with van der Waals surface area (Å²) in [4.78, 5) is 38.0. The van der Waals surface area contributed by atoms with Crippen molar-refractivity contribution in [2.24, 2.45) is 0 Å². The largest absolute Gasteiger partial charge is 0.473 e. The summed E-state index contributed by atoms with van der Waals surface area (Å²) in [6.45, 7) is 0. The molecule has 0 bridgehead atoms. The zero-order valence-electron chi connectivity index (χ0n) is 17.8. The fourth-order valence-corrected chi connectivity index (χ4v) is 4.52. The van der Waals surface area contributed by atoms with Crippen LogP contribution in [0.5, 0.6) is 5.75 Å². The van der Waals surface area contributed by atoms with Gasteiger partial charge in [0.25, 0.3) is 11.8 Å². The summed E-state index contributed by atoms with van der Waals surface area (Å²) in [5, 5.41) is 5.88. The second kappa shape index (κ2) is 9.33. The number of amides is 2. The van der Waals surface area contributed by atoms with Gasteiger partial charge in [0.2, 0.25) is 6.10 Å². The molecule has 1 unspecified atom stereocenters. The van der Waals surface area contributed by atoms with E-state index in [9.17, 15) is 14.4 Å². The van der Waals surface area contributed by atoms with Crippen LogP contribution in [0.4, 0.5) is 0 Å². The third-order valence-corrected chi connectivity index (χ3v) is 6.17. The van der Waals surface area contributed by atoms with Crippen LogP contribution in [0.2, 0.25) is 0 Å². The number of imide groups is 1. The van der Waals surface area contributed by atoms with E-state index in [0.29, 0.717) is 5.56 Å². The highest BCUT2D eigenvalue weighted by atomic mass is 32.1. The van der Waals surface area contributed by atoms with Crippen LogP contribution in [0.1, 0.15) is 49.6 Å². The number of hydrogen-bond donors (Lipinski definition) is 1. The van der Waals surface area contributed by atoms with E-state index in [0.717, 1.165) is 11.1 Å². The first kappa shape index (κ1) is 21.6. The Morgan fingerprint density at radius 1 is 0.765 bits per heavy atom. The number of ether oxygens (including phenoxy) is 2. The standard InChI is InChI=1S/C27H19NO5S/c29-25-20-12-7-13-21(22(20)26(30)28-25)32-24(19-14-15-34-16-19)27(31)33-23(17-8-3-1-4-9-17)18-10-5-2-6-11-18/h1-16,23-24H,(H,28,29,30). The predicted molar refractivity (Wildman–Crippen MR) is 127 cm³/mol. The van der Waals surface area contributed by atoms with Crippen molar-refractivity contribution in [1.82, 2.24) is 5.32 Å². The van der Waals surface area contributed by atoms with Crippen LogP contribution in [0.25, 0.3) is 0 Å². The van der Waals surface area contributed by atoms with Crippen LogP contribution in [-0.2, 0) is 9.53 Å². The van der Waals surface area contributed by atoms with Gasteiger partial charge in [0.1, 0.15) is 5.75 Å². The Labute approximate surface area is 199 Å². The van der Waals surface area contributed by atoms with Crippen LogP contribution < -0.4 is 10.1 Å². The molecule has 0 saturated carbocycles. The number of esters is 1. The molecule has 1 atom stereocenters. The SMILES string of the molecule is O=C1NC(=O)c2c(OC(C(=O)OC(c3ccccc3)c3ccccc3)c3ccsc3)cccc21. The van der Waals surface area contributed by atoms with Gasteiger partial charge in [0.05, 0.1) is 11.1 Å². The molecule has 1 aromatic heterocycles. The predicted octanol–water partition coefficient (Wildman–Crippen LogP) is 5.08. The highest BCUT2D eigenvalue weighted by Gasteiger charge is 2.34. The average Bonchev–Trinajstić information content (AvgIpc) is 3.50. The topological polar surface area (TPSA) is 81.7 Å². The third kappa shape index (κ3) is 4.21. The molecule has 2 heterocycles. The molecule has 6 nitrogen and oxygen atoms in total. The maximum Gasteiger partial charge on any atom is 0.353 e. The van der Waals surface area contributed by atoms with Crippen LogP contribution in [-0.4, -0.2) is 17.8 Å². The van der Waals surface area contributed by atoms with Gasteiger partial charge in [-0.2, -0.15) is 11.3 Å². The molecular formula is C27H19NO5S. The molecule has 1 aliphatic heterocycles. The minimum Gasteiger partial charge on any atom is -0.473 e. The maximum atomic E-state index is 13.5. The summed E-state index contributed by atoms with van der Waals surface area (Å²) >= 11 is 1.41. The first-order chi connectivity index (χ1) is 16.6. The van der Waals surface area contributed by atoms with Crippen molar-refractivity contribution in [2.75, 3.05) is 0 Å². The molecule has 4 aromatic rings. The van der Waals surface area contributed by atoms with Crippen molar-refractivity contribution in [3.05, 3.63) is 124 Å². The lowest BCUT2D eigenvalue weighted by Gasteiger charge is -2.23. The number of carbonyl (C=O) groups excluding carboxylic acids is 3. The zero-order valence-corrected chi connectivity index (χ0v) is 18.7. The van der Waals surface area contributed by atoms with Gasteiger partial charge in [-0.05, 0) is 40.1 Å². The van der Waals surface area contributed by atoms with Crippen LogP contribution in [0, 0.1) is 0 Å². The van der Waals surface area contributed by atoms with E-state index >= 15 is 0 Å². The molecule has 0 fully saturated rings. The molecule has 7 heteroatoms. The minimum atomic E-state index is -1.13. The van der Waals surface area contributed by atoms with Crippen molar-refractivity contribution in [1.29, 1.82) is 0 Å². The Bertz CT molecular complexity index is 1300. The van der Waals surface area contributed by atoms with E-state index in [4.69, 9.17) is 9.47 Å². The van der Waals surface area contributed by atoms with Gasteiger partial charge in [0.15, 0.2) is 6.10 Å². The number of benzene rings is 3. The molecule has 0 radical (unpaired) electrons. The molecule has 0 saturated heterocycles. The Hall–Kier alpha value is -4.23. The lowest BCUT2D eigenvalue weighted by atomic mass is 10.0. The van der Waals surface area contributed by atoms with E-state index in [-0.39, 0.29) is 16.9 Å². The van der Waals surface area contributed by atoms with Crippen molar-refractivity contribution in [3.8, 4) is 5.75 Å². The summed E-state index contributed by atoms with van der Waals surface area (Å²) in [5.41, 5.74) is 2.56. The fourth-order valence-electron chi connectivity index (χ4n) is 3.85. The van der Waals surface area contributed by atoms with Crippen LogP contribution in [0.15, 0.2) is 95.7 Å². The molecular weight excluding hydrogens is 450 g/mol. The van der Waals surface area contributed by atoms with E-state index in [1.807, 2.05) is 66.0 Å². The van der Waals surface area contributed by atoms with E-state index in [1.165, 1.54) is 11.3 Å². The van der Waals surface area contributed by atoms with Crippen molar-refractivity contribution < 1.29 is 23.9 Å². The summed E-state index contributed by atoms with van der Waals surface area (Å²) < 4.78 is 12.1.